The normalized spacial score (nSPS) is 18.9. The number of halogens is 4. The average molecular weight is 641 g/mol. The predicted octanol–water partition coefficient (Wildman–Crippen LogP) is 7.64. The summed E-state index contributed by atoms with van der Waals surface area (Å²) in [4.78, 5) is 16.2. The molecule has 2 fully saturated rings. The summed E-state index contributed by atoms with van der Waals surface area (Å²) < 4.78 is 55.2. The van der Waals surface area contributed by atoms with Gasteiger partial charge in [-0.15, -0.1) is 0 Å². The van der Waals surface area contributed by atoms with Crippen LogP contribution >= 0.6 is 22.6 Å². The minimum absolute atomic E-state index is 0.0736. The maximum atomic E-state index is 14.5. The molecule has 1 spiro atoms. The Bertz CT molecular complexity index is 936. The number of piperidine rings is 2. The van der Waals surface area contributed by atoms with Crippen LogP contribution in [0.3, 0.4) is 0 Å². The number of ether oxygens (including phenoxy) is 2. The molecule has 1 amide bonds. The first kappa shape index (κ1) is 29.4. The number of amides is 1. The topological polar surface area (TPSA) is 42.0 Å². The molecule has 2 heterocycles. The van der Waals surface area contributed by atoms with Crippen molar-refractivity contribution in [3.8, 4) is 5.75 Å². The first-order valence-corrected chi connectivity index (χ1v) is 17.5. The molecule has 0 atom stereocenters. The van der Waals surface area contributed by atoms with Gasteiger partial charge in [-0.2, -0.15) is 13.2 Å². The highest BCUT2D eigenvalue weighted by molar-refractivity contribution is 14.1. The van der Waals surface area contributed by atoms with Crippen molar-refractivity contribution in [2.24, 2.45) is 5.41 Å². The fourth-order valence-electron chi connectivity index (χ4n) is 5.01. The van der Waals surface area contributed by atoms with E-state index in [0.717, 1.165) is 31.7 Å². The molecule has 204 valence electrons. The minimum Gasteiger partial charge on any atom is -0.493 e. The fraction of sp³-hybridized carbons (Fsp3) is 0.731. The van der Waals surface area contributed by atoms with E-state index in [-0.39, 0.29) is 22.9 Å². The lowest BCUT2D eigenvalue weighted by Gasteiger charge is -2.48. The lowest BCUT2D eigenvalue weighted by Crippen LogP contribution is -2.51. The van der Waals surface area contributed by atoms with Gasteiger partial charge in [0.05, 0.1) is 12.3 Å². The highest BCUT2D eigenvalue weighted by atomic mass is 127. The summed E-state index contributed by atoms with van der Waals surface area (Å²) in [5, 5.41) is 0. The summed E-state index contributed by atoms with van der Waals surface area (Å²) in [6.07, 6.45) is -1.55. The van der Waals surface area contributed by atoms with E-state index < -0.39 is 25.4 Å². The molecule has 3 rings (SSSR count). The van der Waals surface area contributed by atoms with Gasteiger partial charge in [0.2, 0.25) is 0 Å². The Morgan fingerprint density at radius 2 is 1.72 bits per heavy atom. The monoisotopic (exact) mass is 640 g/mol. The summed E-state index contributed by atoms with van der Waals surface area (Å²) in [5.74, 6) is -0.0736. The molecular weight excluding hydrogens is 600 g/mol. The second-order valence-electron chi connectivity index (χ2n) is 12.4. The van der Waals surface area contributed by atoms with E-state index >= 15 is 0 Å². The van der Waals surface area contributed by atoms with Gasteiger partial charge in [-0.25, -0.2) is 4.79 Å². The van der Waals surface area contributed by atoms with E-state index in [2.05, 4.69) is 19.6 Å². The molecule has 36 heavy (non-hydrogen) atoms. The van der Waals surface area contributed by atoms with Crippen molar-refractivity contribution >= 4 is 42.4 Å². The molecule has 10 heteroatoms. The molecule has 0 saturated carbocycles. The summed E-state index contributed by atoms with van der Waals surface area (Å²) in [7, 11) is -1.44. The number of hydrogen-bond acceptors (Lipinski definition) is 4. The van der Waals surface area contributed by atoms with Gasteiger partial charge in [0.25, 0.3) is 0 Å². The van der Waals surface area contributed by atoms with Gasteiger partial charge in [0, 0.05) is 37.8 Å². The van der Waals surface area contributed by atoms with E-state index in [1.54, 1.807) is 11.0 Å². The number of benzene rings is 1. The number of carbonyl (C=O) groups is 1. The van der Waals surface area contributed by atoms with E-state index in [1.807, 2.05) is 48.3 Å². The number of hydrogen-bond donors (Lipinski definition) is 0. The Labute approximate surface area is 228 Å². The van der Waals surface area contributed by atoms with E-state index in [4.69, 9.17) is 9.47 Å². The van der Waals surface area contributed by atoms with Crippen LogP contribution in [0, 0.1) is 8.99 Å². The second kappa shape index (κ2) is 10.9. The first-order chi connectivity index (χ1) is 16.5. The summed E-state index contributed by atoms with van der Waals surface area (Å²) in [6.45, 7) is 14.6. The molecule has 1 aromatic rings. The molecule has 2 aliphatic rings. The third kappa shape index (κ3) is 7.67. The maximum Gasteiger partial charge on any atom is 0.422 e. The largest absolute Gasteiger partial charge is 0.493 e. The van der Waals surface area contributed by atoms with Gasteiger partial charge >= 0.3 is 12.3 Å². The number of anilines is 1. The van der Waals surface area contributed by atoms with Gasteiger partial charge in [0.15, 0.2) is 0 Å². The molecule has 0 aromatic heterocycles. The van der Waals surface area contributed by atoms with Crippen molar-refractivity contribution in [1.29, 1.82) is 0 Å². The van der Waals surface area contributed by atoms with Gasteiger partial charge in [-0.3, -0.25) is 0 Å². The molecule has 0 aliphatic carbocycles. The molecular formula is C26H40F3IN2O3Si. The first-order valence-electron chi connectivity index (χ1n) is 12.8. The molecule has 0 unspecified atom stereocenters. The lowest BCUT2D eigenvalue weighted by atomic mass is 9.72. The van der Waals surface area contributed by atoms with Crippen LogP contribution in [-0.2, 0) is 10.9 Å². The van der Waals surface area contributed by atoms with Crippen LogP contribution in [0.4, 0.5) is 23.7 Å². The van der Waals surface area contributed by atoms with Crippen molar-refractivity contribution in [1.82, 2.24) is 4.90 Å². The summed E-state index contributed by atoms with van der Waals surface area (Å²) in [6, 6.07) is 4.01. The lowest BCUT2D eigenvalue weighted by molar-refractivity contribution is -0.138. The van der Waals surface area contributed by atoms with Crippen LogP contribution in [0.5, 0.6) is 5.75 Å². The fourth-order valence-corrected chi connectivity index (χ4v) is 6.52. The standard InChI is InChI=1S/C26H40F3IN2O3Si/c1-24(2,3)35-23(33)31-14-11-25(12-15-31)10-7-13-32(18-25)22-19(30)8-9-20(21(22)26(27,28)29)34-16-17-36(4,5)6/h8-9H,7,10-18H2,1-6H3. The van der Waals surface area contributed by atoms with Crippen LogP contribution in [0.1, 0.15) is 52.0 Å². The number of likely N-dealkylation sites (tertiary alicyclic amines) is 1. The maximum absolute atomic E-state index is 14.5. The summed E-state index contributed by atoms with van der Waals surface area (Å²) >= 11 is 2.02. The molecule has 2 aliphatic heterocycles. The quantitative estimate of drug-likeness (QED) is 0.245. The Morgan fingerprint density at radius 1 is 1.08 bits per heavy atom. The Balaban J connectivity index is 1.81. The van der Waals surface area contributed by atoms with Crippen molar-refractivity contribution in [2.75, 3.05) is 37.7 Å². The van der Waals surface area contributed by atoms with Crippen molar-refractivity contribution < 1.29 is 27.4 Å². The second-order valence-corrected chi connectivity index (χ2v) is 19.2. The number of alkyl halides is 3. The van der Waals surface area contributed by atoms with Crippen molar-refractivity contribution in [2.45, 2.75) is 83.9 Å². The molecule has 0 bridgehead atoms. The Morgan fingerprint density at radius 3 is 2.28 bits per heavy atom. The number of nitrogens with zero attached hydrogens (tertiary/aromatic N) is 2. The third-order valence-electron chi connectivity index (χ3n) is 6.94. The average Bonchev–Trinajstić information content (AvgIpc) is 2.72. The van der Waals surface area contributed by atoms with Crippen molar-refractivity contribution in [3.05, 3.63) is 21.3 Å². The minimum atomic E-state index is -4.52. The van der Waals surface area contributed by atoms with Gasteiger partial charge in [-0.1, -0.05) is 19.6 Å². The van der Waals surface area contributed by atoms with Crippen LogP contribution < -0.4 is 9.64 Å². The number of carbonyl (C=O) groups excluding carboxylic acids is 1. The van der Waals surface area contributed by atoms with Gasteiger partial charge < -0.3 is 19.3 Å². The molecule has 0 radical (unpaired) electrons. The zero-order valence-electron chi connectivity index (χ0n) is 22.4. The highest BCUT2D eigenvalue weighted by Crippen LogP contribution is 2.48. The predicted molar refractivity (Wildman–Crippen MR) is 149 cm³/mol. The van der Waals surface area contributed by atoms with Crippen LogP contribution in [0.25, 0.3) is 0 Å². The number of rotatable bonds is 5. The SMILES string of the molecule is CC(C)(C)OC(=O)N1CCC2(CCCN(c3c(I)ccc(OCC[Si](C)(C)C)c3C(F)(F)F)C2)CC1. The van der Waals surface area contributed by atoms with E-state index in [1.165, 1.54) is 6.07 Å². The molecule has 5 nitrogen and oxygen atoms in total. The van der Waals surface area contributed by atoms with Gasteiger partial charge in [-0.05, 0) is 92.6 Å². The Kier molecular flexibility index (Phi) is 8.90. The molecule has 1 aromatic carbocycles. The van der Waals surface area contributed by atoms with Crippen LogP contribution in [-0.4, -0.2) is 57.5 Å². The smallest absolute Gasteiger partial charge is 0.422 e. The molecule has 0 N–H and O–H groups in total. The van der Waals surface area contributed by atoms with Crippen LogP contribution in [0.15, 0.2) is 12.1 Å². The Hall–Kier alpha value is -1.17. The zero-order chi connectivity index (χ0) is 26.9. The third-order valence-corrected chi connectivity index (χ3v) is 9.51. The summed E-state index contributed by atoms with van der Waals surface area (Å²) in [5.41, 5.74) is -1.09. The highest BCUT2D eigenvalue weighted by Gasteiger charge is 2.44. The van der Waals surface area contributed by atoms with Crippen molar-refractivity contribution in [3.63, 3.8) is 0 Å². The van der Waals surface area contributed by atoms with Gasteiger partial charge in [0.1, 0.15) is 16.9 Å². The molecule has 2 saturated heterocycles. The zero-order valence-corrected chi connectivity index (χ0v) is 25.5. The van der Waals surface area contributed by atoms with E-state index in [0.29, 0.717) is 36.4 Å². The van der Waals surface area contributed by atoms with E-state index in [9.17, 15) is 18.0 Å². The van der Waals surface area contributed by atoms with Crippen LogP contribution in [0.2, 0.25) is 25.7 Å².